The molecule has 1 saturated heterocycles. The third kappa shape index (κ3) is 1.70. The third-order valence-corrected chi connectivity index (χ3v) is 2.39. The number of hydrogen-bond acceptors (Lipinski definition) is 2. The van der Waals surface area contributed by atoms with Crippen molar-refractivity contribution < 1.29 is 5.21 Å². The fraction of sp³-hybridized carbons (Fsp3) is 1.00. The molecule has 1 rings (SSSR count). The summed E-state index contributed by atoms with van der Waals surface area (Å²) in [5.74, 6) is 0.664. The Hall–Kier alpha value is -0.0800. The van der Waals surface area contributed by atoms with E-state index in [0.717, 1.165) is 19.5 Å². The maximum Gasteiger partial charge on any atom is 0.0271 e. The highest BCUT2D eigenvalue weighted by atomic mass is 16.5. The van der Waals surface area contributed by atoms with Gasteiger partial charge in [0.05, 0.1) is 0 Å². The average Bonchev–Trinajstić information content (AvgIpc) is 2.11. The van der Waals surface area contributed by atoms with Gasteiger partial charge in [-0.3, -0.25) is 0 Å². The molecule has 0 radical (unpaired) electrons. The molecule has 1 fully saturated rings. The molecule has 10 heavy (non-hydrogen) atoms. The molecular weight excluding hydrogens is 126 g/mol. The van der Waals surface area contributed by atoms with Crippen LogP contribution in [-0.2, 0) is 0 Å². The first-order chi connectivity index (χ1) is 4.50. The van der Waals surface area contributed by atoms with Gasteiger partial charge in [0.1, 0.15) is 0 Å². The number of rotatable bonds is 0. The summed E-state index contributed by atoms with van der Waals surface area (Å²) >= 11 is 0. The van der Waals surface area contributed by atoms with Crippen molar-refractivity contribution in [2.75, 3.05) is 13.1 Å². The van der Waals surface area contributed by atoms with Crippen molar-refractivity contribution in [3.8, 4) is 0 Å². The van der Waals surface area contributed by atoms with Crippen molar-refractivity contribution in [2.24, 2.45) is 11.3 Å². The lowest BCUT2D eigenvalue weighted by molar-refractivity contribution is -0.0748. The Morgan fingerprint density at radius 3 is 2.20 bits per heavy atom. The maximum absolute atomic E-state index is 9.10. The molecule has 0 aromatic rings. The van der Waals surface area contributed by atoms with E-state index in [1.165, 1.54) is 5.06 Å². The lowest BCUT2D eigenvalue weighted by Gasteiger charge is -2.25. The second-order valence-corrected chi connectivity index (χ2v) is 4.26. The molecule has 1 aliphatic heterocycles. The highest BCUT2D eigenvalue weighted by molar-refractivity contribution is 4.80. The van der Waals surface area contributed by atoms with E-state index in [2.05, 4.69) is 20.8 Å². The normalized spacial score (nSPS) is 29.4. The molecule has 60 valence electrons. The molecule has 0 aromatic carbocycles. The predicted octanol–water partition coefficient (Wildman–Crippen LogP) is 1.74. The molecule has 1 N–H and O–H groups in total. The molecule has 1 heterocycles. The van der Waals surface area contributed by atoms with Gasteiger partial charge in [0.15, 0.2) is 0 Å². The van der Waals surface area contributed by atoms with Crippen molar-refractivity contribution in [1.82, 2.24) is 5.06 Å². The first-order valence-electron chi connectivity index (χ1n) is 3.94. The van der Waals surface area contributed by atoms with Crippen LogP contribution >= 0.6 is 0 Å². The fourth-order valence-corrected chi connectivity index (χ4v) is 1.45. The smallest absolute Gasteiger partial charge is 0.0271 e. The summed E-state index contributed by atoms with van der Waals surface area (Å²) in [4.78, 5) is 0. The first kappa shape index (κ1) is 8.02. The fourth-order valence-electron chi connectivity index (χ4n) is 1.45. The van der Waals surface area contributed by atoms with E-state index in [0.29, 0.717) is 11.3 Å². The van der Waals surface area contributed by atoms with Gasteiger partial charge in [0, 0.05) is 13.1 Å². The minimum Gasteiger partial charge on any atom is -0.314 e. The first-order valence-corrected chi connectivity index (χ1v) is 3.94. The van der Waals surface area contributed by atoms with Gasteiger partial charge in [-0.1, -0.05) is 20.8 Å². The van der Waals surface area contributed by atoms with Gasteiger partial charge in [-0.05, 0) is 17.8 Å². The van der Waals surface area contributed by atoms with Crippen LogP contribution in [0.15, 0.2) is 0 Å². The Morgan fingerprint density at radius 1 is 1.40 bits per heavy atom. The minimum absolute atomic E-state index is 0.359. The number of hydrogen-bond donors (Lipinski definition) is 1. The van der Waals surface area contributed by atoms with Crippen LogP contribution in [0.4, 0.5) is 0 Å². The van der Waals surface area contributed by atoms with Gasteiger partial charge in [0.2, 0.25) is 0 Å². The minimum atomic E-state index is 0.359. The molecular formula is C8H17NO. The SMILES string of the molecule is CC(C)(C)C1CCN(O)C1. The lowest BCUT2D eigenvalue weighted by atomic mass is 9.80. The molecule has 0 spiro atoms. The summed E-state index contributed by atoms with van der Waals surface area (Å²) in [5, 5.41) is 10.5. The molecule has 2 nitrogen and oxygen atoms in total. The topological polar surface area (TPSA) is 23.5 Å². The lowest BCUT2D eigenvalue weighted by Crippen LogP contribution is -2.23. The van der Waals surface area contributed by atoms with Gasteiger partial charge in [-0.2, -0.15) is 5.06 Å². The summed E-state index contributed by atoms with van der Waals surface area (Å²) in [6.07, 6.45) is 1.14. The summed E-state index contributed by atoms with van der Waals surface area (Å²) in [5.41, 5.74) is 0.359. The zero-order valence-electron chi connectivity index (χ0n) is 7.09. The average molecular weight is 143 g/mol. The van der Waals surface area contributed by atoms with Crippen LogP contribution in [0.3, 0.4) is 0 Å². The Bertz CT molecular complexity index is 117. The summed E-state index contributed by atoms with van der Waals surface area (Å²) in [7, 11) is 0. The van der Waals surface area contributed by atoms with Crippen molar-refractivity contribution in [3.63, 3.8) is 0 Å². The second kappa shape index (κ2) is 2.51. The molecule has 0 saturated carbocycles. The monoisotopic (exact) mass is 143 g/mol. The van der Waals surface area contributed by atoms with Crippen molar-refractivity contribution >= 4 is 0 Å². The molecule has 0 bridgehead atoms. The predicted molar refractivity (Wildman–Crippen MR) is 40.9 cm³/mol. The Labute approximate surface area is 62.8 Å². The summed E-state index contributed by atoms with van der Waals surface area (Å²) < 4.78 is 0. The van der Waals surface area contributed by atoms with Gasteiger partial charge in [-0.15, -0.1) is 0 Å². The summed E-state index contributed by atoms with van der Waals surface area (Å²) in [6, 6.07) is 0. The van der Waals surface area contributed by atoms with Gasteiger partial charge in [0.25, 0.3) is 0 Å². The molecule has 1 atom stereocenters. The Kier molecular flexibility index (Phi) is 2.02. The van der Waals surface area contributed by atoms with Gasteiger partial charge >= 0.3 is 0 Å². The highest BCUT2D eigenvalue weighted by Crippen LogP contribution is 2.32. The molecule has 1 aliphatic rings. The highest BCUT2D eigenvalue weighted by Gasteiger charge is 2.30. The van der Waals surface area contributed by atoms with Crippen molar-refractivity contribution in [3.05, 3.63) is 0 Å². The molecule has 2 heteroatoms. The van der Waals surface area contributed by atoms with Gasteiger partial charge < -0.3 is 5.21 Å². The van der Waals surface area contributed by atoms with E-state index in [1.807, 2.05) is 0 Å². The van der Waals surface area contributed by atoms with Crippen LogP contribution < -0.4 is 0 Å². The Morgan fingerprint density at radius 2 is 2.00 bits per heavy atom. The molecule has 0 aromatic heterocycles. The van der Waals surface area contributed by atoms with E-state index in [4.69, 9.17) is 5.21 Å². The van der Waals surface area contributed by atoms with Crippen LogP contribution in [0, 0.1) is 11.3 Å². The largest absolute Gasteiger partial charge is 0.314 e. The van der Waals surface area contributed by atoms with Crippen LogP contribution in [0.2, 0.25) is 0 Å². The van der Waals surface area contributed by atoms with E-state index < -0.39 is 0 Å². The maximum atomic E-state index is 9.10. The van der Waals surface area contributed by atoms with E-state index in [1.54, 1.807) is 0 Å². The zero-order valence-corrected chi connectivity index (χ0v) is 7.09. The summed E-state index contributed by atoms with van der Waals surface area (Å²) in [6.45, 7) is 8.40. The van der Waals surface area contributed by atoms with Crippen molar-refractivity contribution in [2.45, 2.75) is 27.2 Å². The van der Waals surface area contributed by atoms with E-state index in [9.17, 15) is 0 Å². The van der Waals surface area contributed by atoms with Crippen LogP contribution in [0.25, 0.3) is 0 Å². The molecule has 0 aliphatic carbocycles. The number of hydroxylamine groups is 2. The second-order valence-electron chi connectivity index (χ2n) is 4.26. The third-order valence-electron chi connectivity index (χ3n) is 2.39. The molecule has 0 amide bonds. The van der Waals surface area contributed by atoms with Crippen molar-refractivity contribution in [1.29, 1.82) is 0 Å². The zero-order chi connectivity index (χ0) is 7.78. The van der Waals surface area contributed by atoms with E-state index >= 15 is 0 Å². The number of nitrogens with zero attached hydrogens (tertiary/aromatic N) is 1. The van der Waals surface area contributed by atoms with E-state index in [-0.39, 0.29) is 0 Å². The van der Waals surface area contributed by atoms with Crippen LogP contribution in [0.5, 0.6) is 0 Å². The molecule has 1 unspecified atom stereocenters. The van der Waals surface area contributed by atoms with Crippen LogP contribution in [0.1, 0.15) is 27.2 Å². The van der Waals surface area contributed by atoms with Gasteiger partial charge in [-0.25, -0.2) is 0 Å². The Balaban J connectivity index is 2.45. The standard InChI is InChI=1S/C8H17NO/c1-8(2,3)7-4-5-9(10)6-7/h7,10H,4-6H2,1-3H3. The van der Waals surface area contributed by atoms with Crippen LogP contribution in [-0.4, -0.2) is 23.4 Å². The quantitative estimate of drug-likeness (QED) is 0.558.